The number of guanidine groups is 1. The molecule has 0 saturated carbocycles. The Balaban J connectivity index is 1.44. The van der Waals surface area contributed by atoms with Gasteiger partial charge in [0, 0.05) is 24.7 Å². The zero-order valence-electron chi connectivity index (χ0n) is 16.7. The predicted molar refractivity (Wildman–Crippen MR) is 113 cm³/mol. The summed E-state index contributed by atoms with van der Waals surface area (Å²) in [5, 5.41) is 10.1. The van der Waals surface area contributed by atoms with Gasteiger partial charge in [-0.25, -0.2) is 14.0 Å². The van der Waals surface area contributed by atoms with E-state index in [2.05, 4.69) is 75.2 Å². The Morgan fingerprint density at radius 2 is 1.90 bits per heavy atom. The molecule has 0 atom stereocenters. The second kappa shape index (κ2) is 8.42. The van der Waals surface area contributed by atoms with Gasteiger partial charge in [-0.3, -0.25) is 5.43 Å². The molecule has 3 aromatic rings. The highest BCUT2D eigenvalue weighted by Crippen LogP contribution is 2.20. The first kappa shape index (κ1) is 19.1. The number of benzene rings is 1. The minimum absolute atomic E-state index is 0.266. The molecular weight excluding hydrogens is 366 g/mol. The van der Waals surface area contributed by atoms with Crippen LogP contribution in [0.4, 0.5) is 0 Å². The lowest BCUT2D eigenvalue weighted by atomic mass is 10.1. The summed E-state index contributed by atoms with van der Waals surface area (Å²) in [4.78, 5) is 0. The number of aryl methyl sites for hydroxylation is 2. The van der Waals surface area contributed by atoms with Crippen LogP contribution in [0.1, 0.15) is 11.1 Å². The highest BCUT2D eigenvalue weighted by molar-refractivity contribution is 5.82. The van der Waals surface area contributed by atoms with Gasteiger partial charge in [-0.05, 0) is 36.2 Å². The van der Waals surface area contributed by atoms with Crippen molar-refractivity contribution >= 4 is 17.8 Å². The summed E-state index contributed by atoms with van der Waals surface area (Å²) in [5.74, 6) is 0.266. The molecule has 0 radical (unpaired) electrons. The molecule has 0 amide bonds. The van der Waals surface area contributed by atoms with E-state index < -0.39 is 0 Å². The monoisotopic (exact) mass is 392 g/mol. The molecule has 3 heterocycles. The largest absolute Gasteiger partial charge is 0.379 e. The average molecular weight is 392 g/mol. The zero-order chi connectivity index (χ0) is 20.2. The van der Waals surface area contributed by atoms with Crippen LogP contribution < -0.4 is 15.6 Å². The van der Waals surface area contributed by atoms with Crippen LogP contribution in [0.25, 0.3) is 16.9 Å². The first-order valence-electron chi connectivity index (χ1n) is 9.64. The summed E-state index contributed by atoms with van der Waals surface area (Å²) in [6.07, 6.45) is 5.97. The number of pyridine rings is 1. The lowest BCUT2D eigenvalue weighted by molar-refractivity contribution is -0.510. The minimum Gasteiger partial charge on any atom is -0.379 e. The van der Waals surface area contributed by atoms with Gasteiger partial charge in [0.05, 0.1) is 32.7 Å². The van der Waals surface area contributed by atoms with Gasteiger partial charge < -0.3 is 10.5 Å². The lowest BCUT2D eigenvalue weighted by Crippen LogP contribution is -2.50. The second-order valence-corrected chi connectivity index (χ2v) is 7.11. The molecule has 3 N–H and O–H groups in total. The number of hydrazine groups is 1. The summed E-state index contributed by atoms with van der Waals surface area (Å²) in [5.41, 5.74) is 14.5. The number of ether oxygens (including phenoxy) is 1. The van der Waals surface area contributed by atoms with E-state index >= 15 is 0 Å². The Hall–Kier alpha value is -3.23. The van der Waals surface area contributed by atoms with Crippen molar-refractivity contribution < 1.29 is 9.14 Å². The van der Waals surface area contributed by atoms with Crippen molar-refractivity contribution in [2.75, 3.05) is 26.3 Å². The minimum atomic E-state index is 0.266. The summed E-state index contributed by atoms with van der Waals surface area (Å²) >= 11 is 0. The van der Waals surface area contributed by atoms with Crippen molar-refractivity contribution in [3.63, 3.8) is 0 Å². The maximum absolute atomic E-state index is 5.87. The zero-order valence-corrected chi connectivity index (χ0v) is 16.7. The third-order valence-electron chi connectivity index (χ3n) is 4.93. The Morgan fingerprint density at radius 3 is 2.66 bits per heavy atom. The fraction of sp³-hybridized carbons (Fsp3) is 0.286. The van der Waals surface area contributed by atoms with Gasteiger partial charge in [0.25, 0.3) is 5.65 Å². The summed E-state index contributed by atoms with van der Waals surface area (Å²) in [6.45, 7) is 5.01. The molecule has 1 aromatic carbocycles. The third kappa shape index (κ3) is 4.44. The Bertz CT molecular complexity index is 1050. The van der Waals surface area contributed by atoms with Crippen LogP contribution in [-0.4, -0.2) is 48.1 Å². The van der Waals surface area contributed by atoms with Gasteiger partial charge in [0.15, 0.2) is 5.69 Å². The van der Waals surface area contributed by atoms with E-state index in [1.807, 2.05) is 17.1 Å². The maximum atomic E-state index is 5.87. The van der Waals surface area contributed by atoms with Crippen molar-refractivity contribution in [2.45, 2.75) is 6.92 Å². The summed E-state index contributed by atoms with van der Waals surface area (Å²) in [6, 6.07) is 12.5. The molecule has 8 nitrogen and oxygen atoms in total. The molecule has 1 fully saturated rings. The maximum Gasteiger partial charge on any atom is 0.286 e. The molecule has 0 bridgehead atoms. The number of nitrogens with zero attached hydrogens (tertiary/aromatic N) is 5. The molecule has 1 aliphatic heterocycles. The third-order valence-corrected chi connectivity index (χ3v) is 4.93. The van der Waals surface area contributed by atoms with Crippen LogP contribution >= 0.6 is 0 Å². The normalized spacial score (nSPS) is 16.0. The smallest absolute Gasteiger partial charge is 0.286 e. The number of nitrogens with one attached hydrogen (secondary N) is 1. The molecule has 0 aliphatic carbocycles. The topological polar surface area (TPSA) is 84.3 Å². The van der Waals surface area contributed by atoms with E-state index in [1.165, 1.54) is 5.56 Å². The van der Waals surface area contributed by atoms with E-state index in [1.54, 1.807) is 6.21 Å². The molecule has 150 valence electrons. The van der Waals surface area contributed by atoms with Crippen LogP contribution in [0.3, 0.4) is 0 Å². The van der Waals surface area contributed by atoms with Crippen LogP contribution in [0, 0.1) is 6.92 Å². The number of aromatic nitrogens is 2. The van der Waals surface area contributed by atoms with Crippen LogP contribution in [0.2, 0.25) is 0 Å². The molecule has 0 spiro atoms. The number of fused-ring (bicyclic) bond motifs is 1. The SMILES string of the molecule is Cc1ccc2n(C)c(-c3ccc(/C=N\N=C(N)NN4CCOCC4)cc3)c[n+]2c1. The number of nitrogens with two attached hydrogens (primary N) is 1. The molecule has 4 rings (SSSR count). The lowest BCUT2D eigenvalue weighted by Gasteiger charge is -2.26. The number of imidazole rings is 1. The second-order valence-electron chi connectivity index (χ2n) is 7.11. The fourth-order valence-corrected chi connectivity index (χ4v) is 3.38. The molecular formula is C21H26N7O+. The Labute approximate surface area is 169 Å². The number of rotatable bonds is 4. The molecule has 1 saturated heterocycles. The van der Waals surface area contributed by atoms with Crippen LogP contribution in [0.15, 0.2) is 59.0 Å². The fourth-order valence-electron chi connectivity index (χ4n) is 3.38. The van der Waals surface area contributed by atoms with Crippen molar-refractivity contribution in [3.8, 4) is 11.3 Å². The van der Waals surface area contributed by atoms with Gasteiger partial charge in [-0.2, -0.15) is 5.10 Å². The summed E-state index contributed by atoms with van der Waals surface area (Å²) < 4.78 is 9.63. The van der Waals surface area contributed by atoms with E-state index in [4.69, 9.17) is 10.5 Å². The first-order chi connectivity index (χ1) is 14.1. The van der Waals surface area contributed by atoms with Gasteiger partial charge in [-0.1, -0.05) is 12.1 Å². The van der Waals surface area contributed by atoms with Gasteiger partial charge >= 0.3 is 0 Å². The Kier molecular flexibility index (Phi) is 5.55. The van der Waals surface area contributed by atoms with E-state index in [0.717, 1.165) is 35.6 Å². The van der Waals surface area contributed by atoms with Gasteiger partial charge in [0.1, 0.15) is 6.20 Å². The van der Waals surface area contributed by atoms with E-state index in [-0.39, 0.29) is 5.96 Å². The molecule has 2 aromatic heterocycles. The van der Waals surface area contributed by atoms with E-state index in [9.17, 15) is 0 Å². The highest BCUT2D eigenvalue weighted by atomic mass is 16.5. The number of morpholine rings is 1. The highest BCUT2D eigenvalue weighted by Gasteiger charge is 2.15. The standard InChI is InChI=1S/C21H26N7O/c1-16-3-8-20-26(2)19(15-27(20)14-16)18-6-4-17(5-7-18)13-23-24-21(22)25-28-9-11-29-12-10-28/h3-8,13-15H,9-12H2,1-2H3,(H3,22,24,25)/q+1/b23-13-. The molecule has 8 heteroatoms. The van der Waals surface area contributed by atoms with Gasteiger partial charge in [-0.15, -0.1) is 5.10 Å². The average Bonchev–Trinajstić information content (AvgIpc) is 3.05. The van der Waals surface area contributed by atoms with Crippen LogP contribution in [0.5, 0.6) is 0 Å². The Morgan fingerprint density at radius 1 is 1.14 bits per heavy atom. The number of hydrogen-bond donors (Lipinski definition) is 2. The number of hydrogen-bond acceptors (Lipinski definition) is 4. The quantitative estimate of drug-likeness (QED) is 0.303. The summed E-state index contributed by atoms with van der Waals surface area (Å²) in [7, 11) is 2.08. The predicted octanol–water partition coefficient (Wildman–Crippen LogP) is 1.22. The molecule has 29 heavy (non-hydrogen) atoms. The molecule has 1 aliphatic rings. The van der Waals surface area contributed by atoms with Crippen molar-refractivity contribution in [2.24, 2.45) is 23.0 Å². The van der Waals surface area contributed by atoms with E-state index in [0.29, 0.717) is 13.2 Å². The van der Waals surface area contributed by atoms with Crippen molar-refractivity contribution in [1.29, 1.82) is 0 Å². The van der Waals surface area contributed by atoms with Crippen molar-refractivity contribution in [3.05, 3.63) is 59.9 Å². The van der Waals surface area contributed by atoms with Gasteiger partial charge in [0.2, 0.25) is 5.96 Å². The molecule has 0 unspecified atom stereocenters. The first-order valence-corrected chi connectivity index (χ1v) is 9.64. The van der Waals surface area contributed by atoms with Crippen LogP contribution in [-0.2, 0) is 11.8 Å². The van der Waals surface area contributed by atoms with Crippen molar-refractivity contribution in [1.82, 2.24) is 15.0 Å².